The van der Waals surface area contributed by atoms with E-state index in [9.17, 15) is 4.79 Å². The van der Waals surface area contributed by atoms with Crippen LogP contribution in [0, 0.1) is 0 Å². The average Bonchev–Trinajstić information content (AvgIpc) is 2.82. The maximum absolute atomic E-state index is 10.7. The number of carbonyl (C=O) groups excluding carboxylic acids is 1. The Morgan fingerprint density at radius 3 is 2.88 bits per heavy atom. The van der Waals surface area contributed by atoms with Crippen LogP contribution in [0.2, 0.25) is 0 Å². The van der Waals surface area contributed by atoms with Crippen LogP contribution in [0.25, 0.3) is 5.65 Å². The lowest BCUT2D eigenvalue weighted by Gasteiger charge is -2.18. The van der Waals surface area contributed by atoms with E-state index in [1.807, 2.05) is 6.07 Å². The minimum atomic E-state index is 0.566. The molecule has 0 spiro atoms. The molecule has 0 unspecified atom stereocenters. The molecular weight excluding hydrogens is 214 g/mol. The predicted octanol–water partition coefficient (Wildman–Crippen LogP) is 2.59. The number of hydrogen-bond acceptors (Lipinski definition) is 3. The standard InChI is InChI=1S/C13H15N3O/c17-9-10-7-14-13-6-12(15-16(13)8-10)11-4-2-1-3-5-11/h6-9,11H,1-5H2. The Balaban J connectivity index is 1.97. The highest BCUT2D eigenvalue weighted by Gasteiger charge is 2.18. The third kappa shape index (κ3) is 1.95. The van der Waals surface area contributed by atoms with Crippen LogP contribution in [0.3, 0.4) is 0 Å². The number of hydrogen-bond donors (Lipinski definition) is 0. The summed E-state index contributed by atoms with van der Waals surface area (Å²) in [6.07, 6.45) is 10.5. The second kappa shape index (κ2) is 4.28. The number of nitrogens with zero attached hydrogens (tertiary/aromatic N) is 3. The van der Waals surface area contributed by atoms with Crippen LogP contribution in [0.15, 0.2) is 18.5 Å². The zero-order valence-electron chi connectivity index (χ0n) is 9.67. The topological polar surface area (TPSA) is 47.3 Å². The largest absolute Gasteiger partial charge is 0.298 e. The summed E-state index contributed by atoms with van der Waals surface area (Å²) in [4.78, 5) is 14.9. The Kier molecular flexibility index (Phi) is 2.63. The van der Waals surface area contributed by atoms with Gasteiger partial charge < -0.3 is 0 Å². The van der Waals surface area contributed by atoms with Gasteiger partial charge in [0, 0.05) is 24.4 Å². The van der Waals surface area contributed by atoms with Crippen molar-refractivity contribution in [3.05, 3.63) is 29.7 Å². The van der Waals surface area contributed by atoms with E-state index >= 15 is 0 Å². The lowest BCUT2D eigenvalue weighted by molar-refractivity contribution is 0.112. The molecule has 1 aliphatic carbocycles. The Morgan fingerprint density at radius 1 is 1.29 bits per heavy atom. The molecule has 1 aliphatic rings. The Labute approximate surface area is 99.7 Å². The molecule has 2 aromatic heterocycles. The van der Waals surface area contributed by atoms with E-state index in [-0.39, 0.29) is 0 Å². The van der Waals surface area contributed by atoms with Crippen molar-refractivity contribution >= 4 is 11.9 Å². The molecule has 0 N–H and O–H groups in total. The third-order valence-electron chi connectivity index (χ3n) is 3.51. The zero-order chi connectivity index (χ0) is 11.7. The van der Waals surface area contributed by atoms with Crippen molar-refractivity contribution in [3.8, 4) is 0 Å². The van der Waals surface area contributed by atoms with Gasteiger partial charge in [-0.05, 0) is 12.8 Å². The van der Waals surface area contributed by atoms with Crippen molar-refractivity contribution in [2.75, 3.05) is 0 Å². The van der Waals surface area contributed by atoms with Crippen molar-refractivity contribution in [2.24, 2.45) is 0 Å². The number of fused-ring (bicyclic) bond motifs is 1. The van der Waals surface area contributed by atoms with Crippen LogP contribution in [0.4, 0.5) is 0 Å². The highest BCUT2D eigenvalue weighted by Crippen LogP contribution is 2.31. The summed E-state index contributed by atoms with van der Waals surface area (Å²) in [7, 11) is 0. The smallest absolute Gasteiger partial charge is 0.155 e. The molecule has 0 aromatic carbocycles. The summed E-state index contributed by atoms with van der Waals surface area (Å²) in [6.45, 7) is 0. The molecule has 2 heterocycles. The number of aldehydes is 1. The van der Waals surface area contributed by atoms with E-state index in [2.05, 4.69) is 10.1 Å². The van der Waals surface area contributed by atoms with Gasteiger partial charge in [-0.3, -0.25) is 4.79 Å². The van der Waals surface area contributed by atoms with E-state index in [0.717, 1.165) is 17.6 Å². The zero-order valence-corrected chi connectivity index (χ0v) is 9.67. The molecule has 4 nitrogen and oxygen atoms in total. The molecular formula is C13H15N3O. The molecule has 0 bridgehead atoms. The predicted molar refractivity (Wildman–Crippen MR) is 64.2 cm³/mol. The summed E-state index contributed by atoms with van der Waals surface area (Å²) in [5.74, 6) is 0.574. The minimum Gasteiger partial charge on any atom is -0.298 e. The summed E-state index contributed by atoms with van der Waals surface area (Å²) < 4.78 is 1.72. The molecule has 0 amide bonds. The first-order valence-electron chi connectivity index (χ1n) is 6.17. The third-order valence-corrected chi connectivity index (χ3v) is 3.51. The van der Waals surface area contributed by atoms with E-state index in [0.29, 0.717) is 11.5 Å². The van der Waals surface area contributed by atoms with Crippen molar-refractivity contribution < 1.29 is 4.79 Å². The van der Waals surface area contributed by atoms with Crippen LogP contribution in [-0.4, -0.2) is 20.9 Å². The molecule has 3 rings (SSSR count). The van der Waals surface area contributed by atoms with Gasteiger partial charge in [-0.2, -0.15) is 5.10 Å². The van der Waals surface area contributed by atoms with Crippen LogP contribution in [0.1, 0.15) is 54.1 Å². The van der Waals surface area contributed by atoms with Crippen molar-refractivity contribution in [1.29, 1.82) is 0 Å². The normalized spacial score (nSPS) is 17.4. The summed E-state index contributed by atoms with van der Waals surface area (Å²) in [6, 6.07) is 2.05. The van der Waals surface area contributed by atoms with Gasteiger partial charge in [-0.1, -0.05) is 19.3 Å². The Hall–Kier alpha value is -1.71. The van der Waals surface area contributed by atoms with Gasteiger partial charge in [-0.15, -0.1) is 0 Å². The van der Waals surface area contributed by atoms with Crippen molar-refractivity contribution in [1.82, 2.24) is 14.6 Å². The molecule has 0 radical (unpaired) electrons. The van der Waals surface area contributed by atoms with Crippen LogP contribution in [-0.2, 0) is 0 Å². The lowest BCUT2D eigenvalue weighted by Crippen LogP contribution is -2.05. The molecule has 0 aliphatic heterocycles. The van der Waals surface area contributed by atoms with Gasteiger partial charge in [-0.25, -0.2) is 9.50 Å². The first-order valence-corrected chi connectivity index (χ1v) is 6.17. The highest BCUT2D eigenvalue weighted by molar-refractivity contribution is 5.73. The fourth-order valence-electron chi connectivity index (χ4n) is 2.57. The van der Waals surface area contributed by atoms with Crippen LogP contribution in [0.5, 0.6) is 0 Å². The van der Waals surface area contributed by atoms with E-state index in [1.165, 1.54) is 32.1 Å². The summed E-state index contributed by atoms with van der Waals surface area (Å²) in [5, 5.41) is 4.54. The fraction of sp³-hybridized carbons (Fsp3) is 0.462. The van der Waals surface area contributed by atoms with E-state index < -0.39 is 0 Å². The van der Waals surface area contributed by atoms with Crippen molar-refractivity contribution in [2.45, 2.75) is 38.0 Å². The molecule has 0 atom stereocenters. The molecule has 4 heteroatoms. The van der Waals surface area contributed by atoms with Gasteiger partial charge in [0.1, 0.15) is 0 Å². The first-order chi connectivity index (χ1) is 8.36. The molecule has 1 fully saturated rings. The van der Waals surface area contributed by atoms with Gasteiger partial charge in [0.05, 0.1) is 11.3 Å². The molecule has 88 valence electrons. The van der Waals surface area contributed by atoms with Gasteiger partial charge in [0.25, 0.3) is 0 Å². The second-order valence-corrected chi connectivity index (χ2v) is 4.71. The maximum atomic E-state index is 10.7. The Morgan fingerprint density at radius 2 is 2.12 bits per heavy atom. The second-order valence-electron chi connectivity index (χ2n) is 4.71. The molecule has 0 saturated heterocycles. The average molecular weight is 229 g/mol. The lowest BCUT2D eigenvalue weighted by atomic mass is 9.87. The van der Waals surface area contributed by atoms with Crippen LogP contribution < -0.4 is 0 Å². The van der Waals surface area contributed by atoms with Crippen molar-refractivity contribution in [3.63, 3.8) is 0 Å². The highest BCUT2D eigenvalue weighted by atomic mass is 16.1. The Bertz CT molecular complexity index is 541. The van der Waals surface area contributed by atoms with Gasteiger partial charge in [0.15, 0.2) is 11.9 Å². The van der Waals surface area contributed by atoms with Gasteiger partial charge in [0.2, 0.25) is 0 Å². The van der Waals surface area contributed by atoms with E-state index in [1.54, 1.807) is 16.9 Å². The fourth-order valence-corrected chi connectivity index (χ4v) is 2.57. The maximum Gasteiger partial charge on any atom is 0.155 e. The monoisotopic (exact) mass is 229 g/mol. The first kappa shape index (κ1) is 10.4. The molecule has 2 aromatic rings. The van der Waals surface area contributed by atoms with E-state index in [4.69, 9.17) is 0 Å². The minimum absolute atomic E-state index is 0.566. The SMILES string of the molecule is O=Cc1cnc2cc(C3CCCCC3)nn2c1. The number of rotatable bonds is 2. The van der Waals surface area contributed by atoms with Gasteiger partial charge >= 0.3 is 0 Å². The summed E-state index contributed by atoms with van der Waals surface area (Å²) in [5.41, 5.74) is 2.52. The molecule has 17 heavy (non-hydrogen) atoms. The summed E-state index contributed by atoms with van der Waals surface area (Å²) >= 11 is 0. The quantitative estimate of drug-likeness (QED) is 0.743. The molecule has 1 saturated carbocycles. The number of carbonyl (C=O) groups is 1. The van der Waals surface area contributed by atoms with Crippen LogP contribution >= 0.6 is 0 Å². The number of aromatic nitrogens is 3.